The normalized spacial score (nSPS) is 9.73. The van der Waals surface area contributed by atoms with Crippen LogP contribution in [0.4, 0.5) is 0 Å². The van der Waals surface area contributed by atoms with Crippen LogP contribution in [0.5, 0.6) is 0 Å². The van der Waals surface area contributed by atoms with Crippen molar-refractivity contribution in [3.8, 4) is 0 Å². The van der Waals surface area contributed by atoms with Gasteiger partial charge in [-0.25, -0.2) is 0 Å². The van der Waals surface area contributed by atoms with E-state index in [0.717, 1.165) is 0 Å². The van der Waals surface area contributed by atoms with Crippen molar-refractivity contribution >= 4 is 11.9 Å². The van der Waals surface area contributed by atoms with E-state index in [4.69, 9.17) is 0 Å². The molecule has 7 nitrogen and oxygen atoms in total. The number of amides is 1. The largest absolute Gasteiger partial charge is 0.469 e. The quantitative estimate of drug-likeness (QED) is 0.654. The number of hydrogen-bond donors (Lipinski definition) is 1. The molecule has 0 bridgehead atoms. The highest BCUT2D eigenvalue weighted by atomic mass is 16.5. The minimum Gasteiger partial charge on any atom is -0.469 e. The van der Waals surface area contributed by atoms with Crippen molar-refractivity contribution in [3.05, 3.63) is 11.9 Å². The van der Waals surface area contributed by atoms with E-state index in [9.17, 15) is 9.59 Å². The Morgan fingerprint density at radius 3 is 2.87 bits per heavy atom. The number of methoxy groups -OCH3 is 1. The SMILES string of the molecule is COC(=O)CCNC(=O)c1cn(C)nn1. The van der Waals surface area contributed by atoms with Crippen LogP contribution in [0, 0.1) is 0 Å². The molecule has 15 heavy (non-hydrogen) atoms. The van der Waals surface area contributed by atoms with Gasteiger partial charge in [-0.3, -0.25) is 14.3 Å². The minimum absolute atomic E-state index is 0.141. The second-order valence-electron chi connectivity index (χ2n) is 2.86. The van der Waals surface area contributed by atoms with Crippen LogP contribution in [0.25, 0.3) is 0 Å². The lowest BCUT2D eigenvalue weighted by molar-refractivity contribution is -0.140. The van der Waals surface area contributed by atoms with Crippen LogP contribution in [0.2, 0.25) is 0 Å². The Labute approximate surface area is 86.4 Å². The summed E-state index contributed by atoms with van der Waals surface area (Å²) in [5, 5.41) is 9.75. The molecule has 0 aromatic carbocycles. The Bertz CT molecular complexity index is 361. The van der Waals surface area contributed by atoms with Crippen molar-refractivity contribution in [1.29, 1.82) is 0 Å². The fraction of sp³-hybridized carbons (Fsp3) is 0.500. The number of carbonyl (C=O) groups excluding carboxylic acids is 2. The molecule has 1 heterocycles. The summed E-state index contributed by atoms with van der Waals surface area (Å²) in [5.74, 6) is -0.721. The molecule has 0 atom stereocenters. The maximum Gasteiger partial charge on any atom is 0.307 e. The number of nitrogens with one attached hydrogen (secondary N) is 1. The first-order valence-corrected chi connectivity index (χ1v) is 4.35. The highest BCUT2D eigenvalue weighted by Gasteiger charge is 2.09. The van der Waals surface area contributed by atoms with Crippen LogP contribution >= 0.6 is 0 Å². The molecule has 0 aliphatic heterocycles. The van der Waals surface area contributed by atoms with E-state index in [2.05, 4.69) is 20.4 Å². The van der Waals surface area contributed by atoms with E-state index in [-0.39, 0.29) is 30.5 Å². The third kappa shape index (κ3) is 3.37. The van der Waals surface area contributed by atoms with E-state index in [1.54, 1.807) is 7.05 Å². The Hall–Kier alpha value is -1.92. The summed E-state index contributed by atoms with van der Waals surface area (Å²) in [6.45, 7) is 0.224. The lowest BCUT2D eigenvalue weighted by atomic mass is 10.4. The lowest BCUT2D eigenvalue weighted by Crippen LogP contribution is -2.26. The Morgan fingerprint density at radius 1 is 1.60 bits per heavy atom. The van der Waals surface area contributed by atoms with Gasteiger partial charge in [0.2, 0.25) is 0 Å². The van der Waals surface area contributed by atoms with Gasteiger partial charge in [-0.2, -0.15) is 0 Å². The molecule has 1 aromatic rings. The van der Waals surface area contributed by atoms with Crippen molar-refractivity contribution in [2.45, 2.75) is 6.42 Å². The van der Waals surface area contributed by atoms with Gasteiger partial charge in [0.05, 0.1) is 19.7 Å². The summed E-state index contributed by atoms with van der Waals surface area (Å²) in [4.78, 5) is 22.1. The average Bonchev–Trinajstić information content (AvgIpc) is 2.64. The van der Waals surface area contributed by atoms with Gasteiger partial charge in [0, 0.05) is 13.6 Å². The van der Waals surface area contributed by atoms with Gasteiger partial charge in [-0.15, -0.1) is 5.10 Å². The van der Waals surface area contributed by atoms with E-state index in [1.807, 2.05) is 0 Å². The predicted octanol–water partition coefficient (Wildman–Crippen LogP) is -0.892. The number of esters is 1. The molecule has 0 spiro atoms. The van der Waals surface area contributed by atoms with Crippen molar-refractivity contribution in [3.63, 3.8) is 0 Å². The summed E-state index contributed by atoms with van der Waals surface area (Å²) in [7, 11) is 2.96. The molecule has 0 unspecified atom stereocenters. The van der Waals surface area contributed by atoms with E-state index >= 15 is 0 Å². The summed E-state index contributed by atoms with van der Waals surface area (Å²) < 4.78 is 5.85. The number of nitrogens with zero attached hydrogens (tertiary/aromatic N) is 3. The van der Waals surface area contributed by atoms with E-state index < -0.39 is 0 Å². The first-order valence-electron chi connectivity index (χ1n) is 4.35. The number of aryl methyl sites for hydroxylation is 1. The van der Waals surface area contributed by atoms with E-state index in [1.165, 1.54) is 18.0 Å². The van der Waals surface area contributed by atoms with Crippen LogP contribution in [-0.4, -0.2) is 40.5 Å². The maximum absolute atomic E-state index is 11.3. The zero-order chi connectivity index (χ0) is 11.3. The Balaban J connectivity index is 2.34. The zero-order valence-electron chi connectivity index (χ0n) is 8.56. The summed E-state index contributed by atoms with van der Waals surface area (Å²) >= 11 is 0. The van der Waals surface area contributed by atoms with Gasteiger partial charge in [0.15, 0.2) is 5.69 Å². The van der Waals surface area contributed by atoms with Gasteiger partial charge >= 0.3 is 5.97 Å². The predicted molar refractivity (Wildman–Crippen MR) is 50.0 cm³/mol. The van der Waals surface area contributed by atoms with Gasteiger partial charge in [-0.1, -0.05) is 5.21 Å². The molecule has 1 aromatic heterocycles. The molecular weight excluding hydrogens is 200 g/mol. The van der Waals surface area contributed by atoms with Crippen LogP contribution in [0.15, 0.2) is 6.20 Å². The standard InChI is InChI=1S/C8H12N4O3/c1-12-5-6(10-11-12)8(14)9-4-3-7(13)15-2/h5H,3-4H2,1-2H3,(H,9,14). The number of hydrogen-bond acceptors (Lipinski definition) is 5. The molecule has 1 rings (SSSR count). The van der Waals surface area contributed by atoms with Crippen LogP contribution in [0.3, 0.4) is 0 Å². The van der Waals surface area contributed by atoms with Gasteiger partial charge in [0.1, 0.15) is 0 Å². The summed E-state index contributed by atoms with van der Waals surface area (Å²) in [6.07, 6.45) is 1.63. The number of aromatic nitrogens is 3. The smallest absolute Gasteiger partial charge is 0.307 e. The fourth-order valence-electron chi connectivity index (χ4n) is 0.922. The van der Waals surface area contributed by atoms with Crippen molar-refractivity contribution < 1.29 is 14.3 Å². The van der Waals surface area contributed by atoms with Crippen molar-refractivity contribution in [2.75, 3.05) is 13.7 Å². The number of carbonyl (C=O) groups is 2. The van der Waals surface area contributed by atoms with Gasteiger partial charge in [0.25, 0.3) is 5.91 Å². The van der Waals surface area contributed by atoms with Gasteiger partial charge < -0.3 is 10.1 Å². The zero-order valence-corrected chi connectivity index (χ0v) is 8.56. The minimum atomic E-state index is -0.366. The highest BCUT2D eigenvalue weighted by Crippen LogP contribution is 1.91. The van der Waals surface area contributed by atoms with Crippen LogP contribution in [-0.2, 0) is 16.6 Å². The molecule has 0 saturated heterocycles. The summed E-state index contributed by atoms with van der Waals surface area (Å²) in [6, 6.07) is 0. The van der Waals surface area contributed by atoms with Crippen LogP contribution in [0.1, 0.15) is 16.9 Å². The summed E-state index contributed by atoms with van der Waals surface area (Å²) in [5.41, 5.74) is 0.224. The number of rotatable bonds is 4. The third-order valence-electron chi connectivity index (χ3n) is 1.68. The number of ether oxygens (including phenoxy) is 1. The Kier molecular flexibility index (Phi) is 3.78. The monoisotopic (exact) mass is 212 g/mol. The second kappa shape index (κ2) is 5.08. The van der Waals surface area contributed by atoms with Crippen molar-refractivity contribution in [2.24, 2.45) is 7.05 Å². The lowest BCUT2D eigenvalue weighted by Gasteiger charge is -2.00. The first-order chi connectivity index (χ1) is 7.13. The van der Waals surface area contributed by atoms with Gasteiger partial charge in [-0.05, 0) is 0 Å². The fourth-order valence-corrected chi connectivity index (χ4v) is 0.922. The molecule has 0 fully saturated rings. The molecule has 1 amide bonds. The third-order valence-corrected chi connectivity index (χ3v) is 1.68. The maximum atomic E-state index is 11.3. The molecule has 0 aliphatic rings. The highest BCUT2D eigenvalue weighted by molar-refractivity contribution is 5.92. The second-order valence-corrected chi connectivity index (χ2v) is 2.86. The molecule has 1 N–H and O–H groups in total. The molecule has 0 saturated carbocycles. The van der Waals surface area contributed by atoms with Crippen LogP contribution < -0.4 is 5.32 Å². The topological polar surface area (TPSA) is 86.1 Å². The molecule has 0 aliphatic carbocycles. The molecule has 0 radical (unpaired) electrons. The average molecular weight is 212 g/mol. The molecule has 7 heteroatoms. The molecular formula is C8H12N4O3. The molecule has 82 valence electrons. The Morgan fingerprint density at radius 2 is 2.33 bits per heavy atom. The first kappa shape index (κ1) is 11.2. The van der Waals surface area contributed by atoms with Crippen molar-refractivity contribution in [1.82, 2.24) is 20.3 Å². The van der Waals surface area contributed by atoms with E-state index in [0.29, 0.717) is 0 Å².